The van der Waals surface area contributed by atoms with Gasteiger partial charge < -0.3 is 9.47 Å². The Kier molecular flexibility index (Phi) is 4.08. The van der Waals surface area contributed by atoms with Crippen LogP contribution in [0.5, 0.6) is 11.5 Å². The van der Waals surface area contributed by atoms with Crippen molar-refractivity contribution in [2.75, 3.05) is 13.2 Å². The molecule has 0 saturated carbocycles. The molecule has 0 aromatic heterocycles. The fraction of sp³-hybridized carbons (Fsp3) is 0.375. The molecule has 2 aromatic carbocycles. The summed E-state index contributed by atoms with van der Waals surface area (Å²) in [5.41, 5.74) is 1.21. The third kappa shape index (κ3) is 2.28. The lowest BCUT2D eigenvalue weighted by molar-refractivity contribution is 0.334. The fourth-order valence-corrected chi connectivity index (χ4v) is 2.22. The zero-order valence-electron chi connectivity index (χ0n) is 11.3. The molecule has 0 radical (unpaired) electrons. The summed E-state index contributed by atoms with van der Waals surface area (Å²) in [5.74, 6) is 1.95. The van der Waals surface area contributed by atoms with Crippen LogP contribution in [0.3, 0.4) is 0 Å². The first-order valence-electron chi connectivity index (χ1n) is 6.62. The molecule has 2 rings (SSSR count). The van der Waals surface area contributed by atoms with Crippen molar-refractivity contribution in [1.29, 1.82) is 0 Å². The van der Waals surface area contributed by atoms with E-state index in [-0.39, 0.29) is 0 Å². The molecule has 0 aliphatic rings. The minimum Gasteiger partial charge on any atom is -0.493 e. The molecule has 0 spiro atoms. The molecule has 18 heavy (non-hydrogen) atoms. The molecular formula is C16H20O2. The third-order valence-electron chi connectivity index (χ3n) is 3.00. The summed E-state index contributed by atoms with van der Waals surface area (Å²) >= 11 is 0. The van der Waals surface area contributed by atoms with Crippen LogP contribution in [-0.4, -0.2) is 13.2 Å². The topological polar surface area (TPSA) is 18.5 Å². The molecule has 0 heterocycles. The summed E-state index contributed by atoms with van der Waals surface area (Å²) in [7, 11) is 0. The van der Waals surface area contributed by atoms with E-state index in [4.69, 9.17) is 9.47 Å². The second-order valence-corrected chi connectivity index (χ2v) is 4.13. The summed E-state index contributed by atoms with van der Waals surface area (Å²) in [4.78, 5) is 0. The molecule has 0 amide bonds. The van der Waals surface area contributed by atoms with Crippen LogP contribution in [-0.2, 0) is 6.42 Å². The quantitative estimate of drug-likeness (QED) is 0.784. The van der Waals surface area contributed by atoms with E-state index in [0.29, 0.717) is 13.2 Å². The van der Waals surface area contributed by atoms with E-state index in [1.54, 1.807) is 0 Å². The van der Waals surface area contributed by atoms with Crippen LogP contribution in [0.15, 0.2) is 30.3 Å². The first-order valence-corrected chi connectivity index (χ1v) is 6.62. The highest BCUT2D eigenvalue weighted by Crippen LogP contribution is 2.37. The van der Waals surface area contributed by atoms with Crippen molar-refractivity contribution >= 4 is 10.8 Å². The second-order valence-electron chi connectivity index (χ2n) is 4.13. The van der Waals surface area contributed by atoms with E-state index in [9.17, 15) is 0 Å². The van der Waals surface area contributed by atoms with Gasteiger partial charge >= 0.3 is 0 Å². The Morgan fingerprint density at radius 3 is 2.17 bits per heavy atom. The Morgan fingerprint density at radius 1 is 0.889 bits per heavy atom. The van der Waals surface area contributed by atoms with Gasteiger partial charge in [-0.05, 0) is 31.9 Å². The van der Waals surface area contributed by atoms with E-state index in [1.807, 2.05) is 26.0 Å². The Hall–Kier alpha value is -1.70. The smallest absolute Gasteiger partial charge is 0.130 e. The van der Waals surface area contributed by atoms with Crippen molar-refractivity contribution in [3.63, 3.8) is 0 Å². The summed E-state index contributed by atoms with van der Waals surface area (Å²) in [5, 5.41) is 2.27. The Morgan fingerprint density at radius 2 is 1.56 bits per heavy atom. The number of ether oxygens (including phenoxy) is 2. The van der Waals surface area contributed by atoms with Crippen molar-refractivity contribution in [2.24, 2.45) is 0 Å². The van der Waals surface area contributed by atoms with E-state index in [0.717, 1.165) is 28.7 Å². The maximum atomic E-state index is 5.82. The predicted molar refractivity (Wildman–Crippen MR) is 75.7 cm³/mol. The fourth-order valence-electron chi connectivity index (χ4n) is 2.22. The number of fused-ring (bicyclic) bond motifs is 1. The third-order valence-corrected chi connectivity index (χ3v) is 3.00. The van der Waals surface area contributed by atoms with Gasteiger partial charge in [-0.1, -0.05) is 31.2 Å². The van der Waals surface area contributed by atoms with Crippen LogP contribution < -0.4 is 9.47 Å². The molecule has 0 aliphatic carbocycles. The van der Waals surface area contributed by atoms with E-state index in [1.165, 1.54) is 5.56 Å². The molecule has 0 bridgehead atoms. The molecule has 96 valence electrons. The number of hydrogen-bond acceptors (Lipinski definition) is 2. The van der Waals surface area contributed by atoms with Gasteiger partial charge in [0.15, 0.2) is 0 Å². The average molecular weight is 244 g/mol. The number of rotatable bonds is 5. The lowest BCUT2D eigenvalue weighted by Crippen LogP contribution is -2.00. The van der Waals surface area contributed by atoms with Gasteiger partial charge in [-0.2, -0.15) is 0 Å². The number of benzene rings is 2. The predicted octanol–water partition coefficient (Wildman–Crippen LogP) is 4.20. The highest BCUT2D eigenvalue weighted by molar-refractivity contribution is 5.94. The summed E-state index contributed by atoms with van der Waals surface area (Å²) in [6.45, 7) is 7.54. The van der Waals surface area contributed by atoms with Gasteiger partial charge in [0.05, 0.1) is 13.2 Å². The minimum absolute atomic E-state index is 0.682. The molecule has 0 N–H and O–H groups in total. The summed E-state index contributed by atoms with van der Waals surface area (Å²) < 4.78 is 11.6. The van der Waals surface area contributed by atoms with E-state index < -0.39 is 0 Å². The molecule has 0 aliphatic heterocycles. The molecule has 2 heteroatoms. The van der Waals surface area contributed by atoms with Crippen molar-refractivity contribution < 1.29 is 9.47 Å². The van der Waals surface area contributed by atoms with Crippen LogP contribution in [0, 0.1) is 0 Å². The first kappa shape index (κ1) is 12.7. The lowest BCUT2D eigenvalue weighted by Gasteiger charge is -2.16. The maximum Gasteiger partial charge on any atom is 0.130 e. The van der Waals surface area contributed by atoms with Crippen molar-refractivity contribution in [2.45, 2.75) is 27.2 Å². The van der Waals surface area contributed by atoms with Gasteiger partial charge in [-0.15, -0.1) is 0 Å². The average Bonchev–Trinajstić information content (AvgIpc) is 2.41. The number of aryl methyl sites for hydroxylation is 1. The molecule has 2 aromatic rings. The SMILES string of the molecule is CCOc1cc(CC)c(OCC)c2ccccc12. The molecule has 0 saturated heterocycles. The molecule has 2 nitrogen and oxygen atoms in total. The zero-order valence-corrected chi connectivity index (χ0v) is 11.3. The van der Waals surface area contributed by atoms with E-state index in [2.05, 4.69) is 25.1 Å². The molecular weight excluding hydrogens is 224 g/mol. The second kappa shape index (κ2) is 5.76. The van der Waals surface area contributed by atoms with Crippen LogP contribution in [0.1, 0.15) is 26.3 Å². The molecule has 0 atom stereocenters. The summed E-state index contributed by atoms with van der Waals surface area (Å²) in [6.07, 6.45) is 0.945. The van der Waals surface area contributed by atoms with Crippen LogP contribution in [0.2, 0.25) is 0 Å². The van der Waals surface area contributed by atoms with Crippen LogP contribution in [0.4, 0.5) is 0 Å². The highest BCUT2D eigenvalue weighted by atomic mass is 16.5. The standard InChI is InChI=1S/C16H20O2/c1-4-12-11-15(17-5-2)13-9-7-8-10-14(13)16(12)18-6-3/h7-11H,4-6H2,1-3H3. The minimum atomic E-state index is 0.682. The van der Waals surface area contributed by atoms with Crippen molar-refractivity contribution in [3.8, 4) is 11.5 Å². The van der Waals surface area contributed by atoms with Crippen molar-refractivity contribution in [3.05, 3.63) is 35.9 Å². The van der Waals surface area contributed by atoms with Gasteiger partial charge in [0, 0.05) is 10.8 Å². The Bertz CT molecular complexity index is 532. The Balaban J connectivity index is 2.69. The van der Waals surface area contributed by atoms with Crippen molar-refractivity contribution in [1.82, 2.24) is 0 Å². The van der Waals surface area contributed by atoms with Gasteiger partial charge in [0.25, 0.3) is 0 Å². The summed E-state index contributed by atoms with van der Waals surface area (Å²) in [6, 6.07) is 10.4. The van der Waals surface area contributed by atoms with Gasteiger partial charge in [0.2, 0.25) is 0 Å². The maximum absolute atomic E-state index is 5.82. The van der Waals surface area contributed by atoms with Gasteiger partial charge in [-0.25, -0.2) is 0 Å². The lowest BCUT2D eigenvalue weighted by atomic mass is 10.0. The van der Waals surface area contributed by atoms with Crippen LogP contribution >= 0.6 is 0 Å². The monoisotopic (exact) mass is 244 g/mol. The van der Waals surface area contributed by atoms with Gasteiger partial charge in [0.1, 0.15) is 11.5 Å². The van der Waals surface area contributed by atoms with Gasteiger partial charge in [-0.3, -0.25) is 0 Å². The molecule has 0 fully saturated rings. The van der Waals surface area contributed by atoms with E-state index >= 15 is 0 Å². The largest absolute Gasteiger partial charge is 0.493 e. The number of hydrogen-bond donors (Lipinski definition) is 0. The normalized spacial score (nSPS) is 10.6. The first-order chi connectivity index (χ1) is 8.81. The zero-order chi connectivity index (χ0) is 13.0. The van der Waals surface area contributed by atoms with Crippen LogP contribution in [0.25, 0.3) is 10.8 Å². The molecule has 0 unspecified atom stereocenters. The Labute approximate surface area is 109 Å². The highest BCUT2D eigenvalue weighted by Gasteiger charge is 2.12.